The number of rotatable bonds is 18. The summed E-state index contributed by atoms with van der Waals surface area (Å²) in [5, 5.41) is 28.1. The van der Waals surface area contributed by atoms with Crippen LogP contribution >= 0.6 is 11.3 Å². The molecule has 5 aromatic rings. The van der Waals surface area contributed by atoms with Gasteiger partial charge in [-0.25, -0.2) is 19.1 Å². The van der Waals surface area contributed by atoms with Gasteiger partial charge in [0.25, 0.3) is 0 Å². The van der Waals surface area contributed by atoms with Gasteiger partial charge in [-0.3, -0.25) is 9.00 Å². The lowest BCUT2D eigenvalue weighted by atomic mass is 10.2. The molecule has 1 unspecified atom stereocenters. The second-order valence-electron chi connectivity index (χ2n) is 10.2. The van der Waals surface area contributed by atoms with Gasteiger partial charge in [0, 0.05) is 17.3 Å². The van der Waals surface area contributed by atoms with Gasteiger partial charge in [0.05, 0.1) is 41.9 Å². The lowest BCUT2D eigenvalue weighted by molar-refractivity contribution is -0.144. The summed E-state index contributed by atoms with van der Waals surface area (Å²) in [5.74, 6) is -0.728. The van der Waals surface area contributed by atoms with Crippen molar-refractivity contribution in [1.29, 1.82) is 0 Å². The van der Waals surface area contributed by atoms with Crippen molar-refractivity contribution >= 4 is 44.5 Å². The molecule has 0 bridgehead atoms. The van der Waals surface area contributed by atoms with Crippen LogP contribution < -0.4 is 14.8 Å². The molecular formula is C29H31N8O8S2-. The molecule has 0 aliphatic rings. The molecule has 2 aromatic carbocycles. The zero-order valence-electron chi connectivity index (χ0n) is 25.2. The summed E-state index contributed by atoms with van der Waals surface area (Å²) >= 11 is -1.39. The van der Waals surface area contributed by atoms with Crippen molar-refractivity contribution < 1.29 is 37.7 Å². The number of carboxylic acids is 1. The number of nitrogens with one attached hydrogen (secondary N) is 1. The van der Waals surface area contributed by atoms with Crippen molar-refractivity contribution in [3.63, 3.8) is 0 Å². The first-order valence-corrected chi connectivity index (χ1v) is 16.4. The fourth-order valence-electron chi connectivity index (χ4n) is 4.34. The van der Waals surface area contributed by atoms with E-state index in [2.05, 4.69) is 37.8 Å². The largest absolute Gasteiger partial charge is 0.767 e. The van der Waals surface area contributed by atoms with E-state index in [1.54, 1.807) is 28.9 Å². The highest BCUT2D eigenvalue weighted by atomic mass is 32.2. The van der Waals surface area contributed by atoms with Gasteiger partial charge < -0.3 is 29.2 Å². The molecule has 1 amide bonds. The molecule has 16 nitrogen and oxygen atoms in total. The molecule has 0 spiro atoms. The Morgan fingerprint density at radius 1 is 1.04 bits per heavy atom. The molecule has 2 N–H and O–H groups in total. The quantitative estimate of drug-likeness (QED) is 0.127. The zero-order valence-corrected chi connectivity index (χ0v) is 26.8. The lowest BCUT2D eigenvalue weighted by Gasteiger charge is -2.15. The molecule has 18 heteroatoms. The van der Waals surface area contributed by atoms with Gasteiger partial charge in [0.1, 0.15) is 37.0 Å². The predicted molar refractivity (Wildman–Crippen MR) is 166 cm³/mol. The normalized spacial score (nSPS) is 12.6. The number of carbonyl (C=O) groups is 2. The van der Waals surface area contributed by atoms with E-state index in [0.717, 1.165) is 35.4 Å². The molecule has 0 saturated carbocycles. The van der Waals surface area contributed by atoms with Crippen LogP contribution in [0.2, 0.25) is 0 Å². The molecule has 0 saturated heterocycles. The Bertz CT molecular complexity index is 1840. The molecule has 3 aromatic heterocycles. The van der Waals surface area contributed by atoms with Gasteiger partial charge in [-0.05, 0) is 42.3 Å². The number of thiazole rings is 1. The highest BCUT2D eigenvalue weighted by molar-refractivity contribution is 7.81. The Morgan fingerprint density at radius 3 is 2.64 bits per heavy atom. The molecule has 47 heavy (non-hydrogen) atoms. The summed E-state index contributed by atoms with van der Waals surface area (Å²) in [4.78, 5) is 28.4. The smallest absolute Gasteiger partial charge is 0.328 e. The van der Waals surface area contributed by atoms with Crippen LogP contribution in [0.5, 0.6) is 11.5 Å². The topological polar surface area (TPSA) is 209 Å². The maximum absolute atomic E-state index is 12.6. The van der Waals surface area contributed by atoms with Crippen LogP contribution in [0.15, 0.2) is 59.2 Å². The van der Waals surface area contributed by atoms with Crippen LogP contribution in [-0.2, 0) is 58.1 Å². The Balaban J connectivity index is 1.04. The van der Waals surface area contributed by atoms with E-state index in [4.69, 9.17) is 14.2 Å². The highest BCUT2D eigenvalue weighted by Crippen LogP contribution is 2.28. The van der Waals surface area contributed by atoms with Gasteiger partial charge in [0.2, 0.25) is 5.91 Å². The number of fused-ring (bicyclic) bond motifs is 1. The zero-order chi connectivity index (χ0) is 33.2. The van der Waals surface area contributed by atoms with Gasteiger partial charge in [-0.2, -0.15) is 0 Å². The van der Waals surface area contributed by atoms with Gasteiger partial charge in [0.15, 0.2) is 10.4 Å². The number of amides is 1. The number of hydrogen-bond acceptors (Lipinski definition) is 13. The fourth-order valence-corrected chi connectivity index (χ4v) is 5.78. The van der Waals surface area contributed by atoms with E-state index >= 15 is 0 Å². The summed E-state index contributed by atoms with van der Waals surface area (Å²) in [6, 6.07) is 10.9. The molecule has 0 radical (unpaired) electrons. The van der Waals surface area contributed by atoms with Gasteiger partial charge in [-0.1, -0.05) is 35.9 Å². The average molecular weight is 684 g/mol. The first-order chi connectivity index (χ1) is 22.7. The van der Waals surface area contributed by atoms with E-state index in [9.17, 15) is 23.5 Å². The molecule has 0 aliphatic carbocycles. The number of aryl methyl sites for hydroxylation is 1. The Labute approximate surface area is 274 Å². The number of aliphatic carboxylic acids is 1. The molecular weight excluding hydrogens is 653 g/mol. The standard InChI is InChI=1S/C29H32N8O8S2/c1-2-4-20-13-36(34-32-20)9-10-44-22-6-3-5-19(11-22)16-43-18-25(28(39)40)30-27(38)15-37-14-21(33-35-37)17-45-23-7-8-24-26(12-23)46-29(31-24)47(41)42/h3,5-8,11-14,25H,2,4,9-10,15-18H2,1H3,(H,30,38)(H,39,40)(H,41,42)/p-1/t25-/m1/s1. The fraction of sp³-hybridized carbons (Fsp3) is 0.345. The summed E-state index contributed by atoms with van der Waals surface area (Å²) < 4.78 is 43.1. The van der Waals surface area contributed by atoms with Gasteiger partial charge >= 0.3 is 5.97 Å². The number of benzene rings is 2. The molecule has 3 heterocycles. The van der Waals surface area contributed by atoms with Crippen LogP contribution in [0.1, 0.15) is 30.3 Å². The van der Waals surface area contributed by atoms with Crippen molar-refractivity contribution in [2.75, 3.05) is 13.2 Å². The van der Waals surface area contributed by atoms with Crippen molar-refractivity contribution in [2.24, 2.45) is 0 Å². The lowest BCUT2D eigenvalue weighted by Crippen LogP contribution is -2.45. The molecule has 5 rings (SSSR count). The number of carbonyl (C=O) groups excluding carboxylic acids is 1. The SMILES string of the molecule is CCCc1cn(CCOc2cccc(COC[C@@H](NC(=O)Cn3cc(COc4ccc5nc(S(=O)[O-])sc5c4)nn3)C(=O)O)c2)nn1. The van der Waals surface area contributed by atoms with E-state index in [1.807, 2.05) is 24.4 Å². The molecule has 0 fully saturated rings. The third-order valence-corrected chi connectivity index (χ3v) is 8.38. The summed E-state index contributed by atoms with van der Waals surface area (Å²) in [6.07, 6.45) is 5.28. The minimum atomic E-state index is -2.41. The van der Waals surface area contributed by atoms with Crippen LogP contribution in [0, 0.1) is 0 Å². The minimum Gasteiger partial charge on any atom is -0.767 e. The van der Waals surface area contributed by atoms with Crippen LogP contribution in [-0.4, -0.2) is 80.0 Å². The minimum absolute atomic E-state index is 0.0113. The summed E-state index contributed by atoms with van der Waals surface area (Å²) in [7, 11) is 0. The van der Waals surface area contributed by atoms with E-state index in [1.165, 1.54) is 10.9 Å². The second kappa shape index (κ2) is 16.2. The third kappa shape index (κ3) is 9.85. The second-order valence-corrected chi connectivity index (χ2v) is 12.4. The summed E-state index contributed by atoms with van der Waals surface area (Å²) in [6.45, 7) is 2.64. The monoisotopic (exact) mass is 683 g/mol. The van der Waals surface area contributed by atoms with Crippen molar-refractivity contribution in [2.45, 2.75) is 56.5 Å². The van der Waals surface area contributed by atoms with Crippen molar-refractivity contribution in [3.05, 3.63) is 71.8 Å². The third-order valence-electron chi connectivity index (χ3n) is 6.53. The maximum Gasteiger partial charge on any atom is 0.328 e. The Morgan fingerprint density at radius 2 is 1.83 bits per heavy atom. The number of carboxylic acid groups (broad SMARTS) is 1. The van der Waals surface area contributed by atoms with Crippen LogP contribution in [0.4, 0.5) is 0 Å². The van der Waals surface area contributed by atoms with Crippen LogP contribution in [0.25, 0.3) is 10.2 Å². The van der Waals surface area contributed by atoms with Crippen molar-refractivity contribution in [1.82, 2.24) is 40.3 Å². The number of hydrogen-bond donors (Lipinski definition) is 2. The number of aromatic nitrogens is 7. The maximum atomic E-state index is 12.6. The van der Waals surface area contributed by atoms with Crippen molar-refractivity contribution in [3.8, 4) is 11.5 Å². The first-order valence-electron chi connectivity index (χ1n) is 14.5. The first kappa shape index (κ1) is 33.6. The van der Waals surface area contributed by atoms with E-state index < -0.39 is 29.0 Å². The molecule has 248 valence electrons. The van der Waals surface area contributed by atoms with Crippen LogP contribution in [0.3, 0.4) is 0 Å². The molecule has 0 aliphatic heterocycles. The average Bonchev–Trinajstić information content (AvgIpc) is 3.80. The Kier molecular flexibility index (Phi) is 11.6. The predicted octanol–water partition coefficient (Wildman–Crippen LogP) is 2.11. The van der Waals surface area contributed by atoms with E-state index in [0.29, 0.717) is 40.6 Å². The van der Waals surface area contributed by atoms with Gasteiger partial charge in [-0.15, -0.1) is 21.5 Å². The highest BCUT2D eigenvalue weighted by Gasteiger charge is 2.21. The number of nitrogens with zero attached hydrogens (tertiary/aromatic N) is 7. The van der Waals surface area contributed by atoms with E-state index in [-0.39, 0.29) is 30.7 Å². The molecule has 2 atom stereocenters. The summed E-state index contributed by atoms with van der Waals surface area (Å²) in [5.41, 5.74) is 2.68. The number of ether oxygens (including phenoxy) is 3. The Hall–Kier alpha value is -4.78.